The maximum Gasteiger partial charge on any atom is 0.0547 e. The van der Waals surface area contributed by atoms with E-state index in [1.807, 2.05) is 0 Å². The molecule has 0 aliphatic heterocycles. The van der Waals surface area contributed by atoms with Crippen LogP contribution in [0.1, 0.15) is 0 Å². The normalized spacial score (nSPS) is 11.5. The summed E-state index contributed by atoms with van der Waals surface area (Å²) >= 11 is 0. The van der Waals surface area contributed by atoms with E-state index in [9.17, 15) is 0 Å². The number of nitrogens with zero attached hydrogens (tertiary/aromatic N) is 2. The van der Waals surface area contributed by atoms with Crippen molar-refractivity contribution >= 4 is 60.4 Å². The molecule has 1 aromatic heterocycles. The molecule has 2 heteroatoms. The van der Waals surface area contributed by atoms with Crippen LogP contribution >= 0.6 is 0 Å². The third-order valence-electron chi connectivity index (χ3n) is 10.4. The van der Waals surface area contributed by atoms with E-state index in [-0.39, 0.29) is 0 Å². The van der Waals surface area contributed by atoms with Crippen molar-refractivity contribution < 1.29 is 0 Å². The number of anilines is 3. The maximum atomic E-state index is 2.40. The summed E-state index contributed by atoms with van der Waals surface area (Å²) in [6.07, 6.45) is 0. The van der Waals surface area contributed by atoms with Crippen LogP contribution < -0.4 is 4.90 Å². The summed E-state index contributed by atoms with van der Waals surface area (Å²) in [5.41, 5.74) is 11.8. The molecule has 1 heterocycles. The zero-order chi connectivity index (χ0) is 34.4. The van der Waals surface area contributed by atoms with E-state index < -0.39 is 0 Å². The van der Waals surface area contributed by atoms with Gasteiger partial charge in [-0.3, -0.25) is 0 Å². The Morgan fingerprint density at radius 2 is 0.865 bits per heavy atom. The van der Waals surface area contributed by atoms with Crippen molar-refractivity contribution in [1.82, 2.24) is 4.57 Å². The van der Waals surface area contributed by atoms with Crippen molar-refractivity contribution in [2.24, 2.45) is 0 Å². The first-order chi connectivity index (χ1) is 25.8. The smallest absolute Gasteiger partial charge is 0.0547 e. The first-order valence-electron chi connectivity index (χ1n) is 17.9. The first kappa shape index (κ1) is 30.0. The number of benzene rings is 9. The van der Waals surface area contributed by atoms with Gasteiger partial charge in [0.05, 0.1) is 11.0 Å². The molecule has 244 valence electrons. The zero-order valence-corrected chi connectivity index (χ0v) is 28.5. The molecule has 0 aliphatic rings. The lowest BCUT2D eigenvalue weighted by molar-refractivity contribution is 1.18. The highest BCUT2D eigenvalue weighted by Gasteiger charge is 2.17. The van der Waals surface area contributed by atoms with Crippen LogP contribution in [0.25, 0.3) is 71.3 Å². The van der Waals surface area contributed by atoms with E-state index in [4.69, 9.17) is 0 Å². The lowest BCUT2D eigenvalue weighted by Crippen LogP contribution is -2.09. The molecule has 0 saturated carbocycles. The van der Waals surface area contributed by atoms with Crippen molar-refractivity contribution in [2.45, 2.75) is 0 Å². The molecule has 9 aromatic carbocycles. The number of hydrogen-bond acceptors (Lipinski definition) is 1. The Kier molecular flexibility index (Phi) is 7.18. The van der Waals surface area contributed by atoms with Gasteiger partial charge in [0, 0.05) is 33.5 Å². The highest BCUT2D eigenvalue weighted by molar-refractivity contribution is 6.21. The van der Waals surface area contributed by atoms with Crippen LogP contribution in [0.5, 0.6) is 0 Å². The summed E-state index contributed by atoms with van der Waals surface area (Å²) in [5.74, 6) is 0. The molecule has 10 rings (SSSR count). The first-order valence-corrected chi connectivity index (χ1v) is 17.9. The van der Waals surface area contributed by atoms with E-state index in [1.165, 1.54) is 71.3 Å². The van der Waals surface area contributed by atoms with Crippen LogP contribution in [0.3, 0.4) is 0 Å². The predicted molar refractivity (Wildman–Crippen MR) is 221 cm³/mol. The van der Waals surface area contributed by atoms with E-state index in [2.05, 4.69) is 216 Å². The monoisotopic (exact) mass is 662 g/mol. The molecule has 0 bridgehead atoms. The Morgan fingerprint density at radius 1 is 0.327 bits per heavy atom. The molecule has 0 radical (unpaired) electrons. The zero-order valence-electron chi connectivity index (χ0n) is 28.5. The summed E-state index contributed by atoms with van der Waals surface area (Å²) in [4.78, 5) is 2.33. The van der Waals surface area contributed by atoms with Gasteiger partial charge in [-0.1, -0.05) is 140 Å². The Morgan fingerprint density at radius 3 is 1.60 bits per heavy atom. The lowest BCUT2D eigenvalue weighted by Gasteiger charge is -2.26. The van der Waals surface area contributed by atoms with Crippen molar-refractivity contribution in [2.75, 3.05) is 4.90 Å². The molecule has 10 aromatic rings. The Balaban J connectivity index is 1.06. The van der Waals surface area contributed by atoms with Gasteiger partial charge in [-0.2, -0.15) is 0 Å². The molecule has 0 spiro atoms. The number of hydrogen-bond donors (Lipinski definition) is 0. The van der Waals surface area contributed by atoms with E-state index in [0.29, 0.717) is 0 Å². The van der Waals surface area contributed by atoms with Gasteiger partial charge in [-0.25, -0.2) is 0 Å². The molecule has 0 unspecified atom stereocenters. The summed E-state index contributed by atoms with van der Waals surface area (Å²) < 4.78 is 2.40. The molecular formula is C50H34N2. The molecule has 0 atom stereocenters. The third-order valence-corrected chi connectivity index (χ3v) is 10.4. The van der Waals surface area contributed by atoms with E-state index in [0.717, 1.165) is 17.1 Å². The van der Waals surface area contributed by atoms with Crippen molar-refractivity contribution in [3.05, 3.63) is 206 Å². The van der Waals surface area contributed by atoms with Gasteiger partial charge in [0.2, 0.25) is 0 Å². The van der Waals surface area contributed by atoms with Gasteiger partial charge >= 0.3 is 0 Å². The number of para-hydroxylation sites is 2. The summed E-state index contributed by atoms with van der Waals surface area (Å²) in [6, 6.07) is 74.6. The highest BCUT2D eigenvalue weighted by Crippen LogP contribution is 2.41. The van der Waals surface area contributed by atoms with Crippen LogP contribution in [0, 0.1) is 0 Å². The molecule has 52 heavy (non-hydrogen) atoms. The third kappa shape index (κ3) is 5.04. The molecule has 0 aliphatic carbocycles. The van der Waals surface area contributed by atoms with Crippen molar-refractivity contribution in [1.29, 1.82) is 0 Å². The van der Waals surface area contributed by atoms with Crippen molar-refractivity contribution in [3.63, 3.8) is 0 Å². The standard InChI is InChI=1S/C50H34N2/c1-3-15-40(16-4-1)51(43-30-24-38(25-31-43)45-21-11-14-36-12-7-9-19-44(36)45)42-28-22-35(23-29-42)39-27-32-48-47(34-39)50-46-20-10-8-13-37(46)26-33-49(50)52(48)41-17-5-2-6-18-41/h1-34H. The fourth-order valence-corrected chi connectivity index (χ4v) is 7.92. The van der Waals surface area contributed by atoms with Crippen LogP contribution in [-0.2, 0) is 0 Å². The van der Waals surface area contributed by atoms with Gasteiger partial charge < -0.3 is 9.47 Å². The average molecular weight is 663 g/mol. The van der Waals surface area contributed by atoms with Gasteiger partial charge in [0.15, 0.2) is 0 Å². The largest absolute Gasteiger partial charge is 0.311 e. The lowest BCUT2D eigenvalue weighted by atomic mass is 9.98. The molecule has 0 amide bonds. The van der Waals surface area contributed by atoms with Crippen molar-refractivity contribution in [3.8, 4) is 27.9 Å². The van der Waals surface area contributed by atoms with Gasteiger partial charge in [-0.05, 0) is 111 Å². The summed E-state index contributed by atoms with van der Waals surface area (Å²) in [7, 11) is 0. The summed E-state index contributed by atoms with van der Waals surface area (Å²) in [6.45, 7) is 0. The van der Waals surface area contributed by atoms with E-state index >= 15 is 0 Å². The van der Waals surface area contributed by atoms with E-state index in [1.54, 1.807) is 0 Å². The fourth-order valence-electron chi connectivity index (χ4n) is 7.92. The Hall–Kier alpha value is -6.90. The minimum atomic E-state index is 1.11. The van der Waals surface area contributed by atoms with Crippen LogP contribution in [0.4, 0.5) is 17.1 Å². The highest BCUT2D eigenvalue weighted by atomic mass is 15.1. The molecule has 0 fully saturated rings. The molecule has 2 nitrogen and oxygen atoms in total. The van der Waals surface area contributed by atoms with Crippen LogP contribution in [0.2, 0.25) is 0 Å². The minimum absolute atomic E-state index is 1.11. The predicted octanol–water partition coefficient (Wildman–Crippen LogP) is 13.9. The quantitative estimate of drug-likeness (QED) is 0.172. The van der Waals surface area contributed by atoms with Gasteiger partial charge in [0.1, 0.15) is 0 Å². The summed E-state index contributed by atoms with van der Waals surface area (Å²) in [5, 5.41) is 7.60. The van der Waals surface area contributed by atoms with Gasteiger partial charge in [-0.15, -0.1) is 0 Å². The topological polar surface area (TPSA) is 8.17 Å². The second kappa shape index (κ2) is 12.5. The maximum absolute atomic E-state index is 2.40. The SMILES string of the molecule is c1ccc(N(c2ccc(-c3ccc4c(c3)c3c5ccccc5ccc3n4-c3ccccc3)cc2)c2ccc(-c3cccc4ccccc34)cc2)cc1. The fraction of sp³-hybridized carbons (Fsp3) is 0. The van der Waals surface area contributed by atoms with Gasteiger partial charge in [0.25, 0.3) is 0 Å². The minimum Gasteiger partial charge on any atom is -0.311 e. The molecular weight excluding hydrogens is 629 g/mol. The van der Waals surface area contributed by atoms with Crippen LogP contribution in [-0.4, -0.2) is 4.57 Å². The number of fused-ring (bicyclic) bond motifs is 6. The number of aromatic nitrogens is 1. The second-order valence-corrected chi connectivity index (χ2v) is 13.4. The molecule has 0 N–H and O–H groups in total. The molecule has 0 saturated heterocycles. The average Bonchev–Trinajstić information content (AvgIpc) is 3.56. The Bertz CT molecular complexity index is 2860. The second-order valence-electron chi connectivity index (χ2n) is 13.4. The van der Waals surface area contributed by atoms with Crippen LogP contribution in [0.15, 0.2) is 206 Å². The number of rotatable bonds is 6. The Labute approximate surface area is 303 Å².